The number of ether oxygens (including phenoxy) is 2. The molecule has 0 spiro atoms. The summed E-state index contributed by atoms with van der Waals surface area (Å²) >= 11 is 0. The number of nitrogens with one attached hydrogen (secondary N) is 1. The lowest BCUT2D eigenvalue weighted by Crippen LogP contribution is -2.27. The summed E-state index contributed by atoms with van der Waals surface area (Å²) in [4.78, 5) is 11.7. The van der Waals surface area contributed by atoms with Gasteiger partial charge >= 0.3 is 6.09 Å². The van der Waals surface area contributed by atoms with Crippen molar-refractivity contribution in [3.63, 3.8) is 0 Å². The van der Waals surface area contributed by atoms with E-state index in [1.165, 1.54) is 7.11 Å². The van der Waals surface area contributed by atoms with Gasteiger partial charge in [-0.2, -0.15) is 5.26 Å². The lowest BCUT2D eigenvalue weighted by Gasteiger charge is -2.21. The van der Waals surface area contributed by atoms with Crippen LogP contribution in [0.3, 0.4) is 0 Å². The van der Waals surface area contributed by atoms with Crippen LogP contribution in [0, 0.1) is 11.3 Å². The van der Waals surface area contributed by atoms with Crippen LogP contribution in [0.4, 0.5) is 10.5 Å². The van der Waals surface area contributed by atoms with Gasteiger partial charge in [0.1, 0.15) is 11.4 Å². The Bertz CT molecular complexity index is 566. The van der Waals surface area contributed by atoms with Gasteiger partial charge in [0.05, 0.1) is 18.6 Å². The van der Waals surface area contributed by atoms with Gasteiger partial charge in [-0.15, -0.1) is 0 Å². The summed E-state index contributed by atoms with van der Waals surface area (Å²) in [6, 6.07) is 7.41. The third-order valence-electron chi connectivity index (χ3n) is 2.80. The zero-order chi connectivity index (χ0) is 16.3. The average Bonchev–Trinajstić information content (AvgIpc) is 2.36. The summed E-state index contributed by atoms with van der Waals surface area (Å²) in [6.07, 6.45) is -0.531. The van der Waals surface area contributed by atoms with Crippen molar-refractivity contribution in [1.29, 1.82) is 5.26 Å². The standard InChI is InChI=1S/C16H22N2O3/c1-15(2,3)21-14(19)18-11-7-8-12(13(9-11)20-6)16(4,5)10-17/h7-9H,1-6H3,(H,18,19). The fourth-order valence-corrected chi connectivity index (χ4v) is 1.77. The largest absolute Gasteiger partial charge is 0.496 e. The molecule has 21 heavy (non-hydrogen) atoms. The predicted molar refractivity (Wildman–Crippen MR) is 81.5 cm³/mol. The maximum Gasteiger partial charge on any atom is 0.412 e. The van der Waals surface area contributed by atoms with E-state index in [1.807, 2.05) is 13.8 Å². The molecule has 1 rings (SSSR count). The van der Waals surface area contributed by atoms with E-state index in [0.29, 0.717) is 11.4 Å². The molecule has 0 fully saturated rings. The van der Waals surface area contributed by atoms with E-state index in [9.17, 15) is 10.1 Å². The first-order chi connectivity index (χ1) is 9.59. The van der Waals surface area contributed by atoms with Gasteiger partial charge in [-0.1, -0.05) is 6.07 Å². The van der Waals surface area contributed by atoms with Gasteiger partial charge in [-0.3, -0.25) is 5.32 Å². The number of hydrogen-bond donors (Lipinski definition) is 1. The highest BCUT2D eigenvalue weighted by molar-refractivity contribution is 5.85. The Hall–Kier alpha value is -2.22. The summed E-state index contributed by atoms with van der Waals surface area (Å²) in [5.74, 6) is 0.551. The Kier molecular flexibility index (Phi) is 4.84. The molecule has 114 valence electrons. The van der Waals surface area contributed by atoms with Crippen LogP contribution in [0.25, 0.3) is 0 Å². The predicted octanol–water partition coefficient (Wildman–Crippen LogP) is 3.84. The molecule has 0 aliphatic rings. The highest BCUT2D eigenvalue weighted by atomic mass is 16.6. The third kappa shape index (κ3) is 4.67. The van der Waals surface area contributed by atoms with Crippen molar-refractivity contribution in [2.24, 2.45) is 0 Å². The van der Waals surface area contributed by atoms with Crippen LogP contribution in [0.1, 0.15) is 40.2 Å². The van der Waals surface area contributed by atoms with Crippen molar-refractivity contribution in [1.82, 2.24) is 0 Å². The van der Waals surface area contributed by atoms with Crippen molar-refractivity contribution in [2.75, 3.05) is 12.4 Å². The number of nitrogens with zero attached hydrogens (tertiary/aromatic N) is 1. The minimum atomic E-state index is -0.671. The Balaban J connectivity index is 2.99. The lowest BCUT2D eigenvalue weighted by atomic mass is 9.85. The van der Waals surface area contributed by atoms with Crippen molar-refractivity contribution >= 4 is 11.8 Å². The van der Waals surface area contributed by atoms with Crippen molar-refractivity contribution in [3.8, 4) is 11.8 Å². The first kappa shape index (κ1) is 16.8. The van der Waals surface area contributed by atoms with Gasteiger partial charge in [0.25, 0.3) is 0 Å². The number of nitriles is 1. The molecule has 5 heteroatoms. The molecule has 0 aromatic heterocycles. The summed E-state index contributed by atoms with van der Waals surface area (Å²) in [5.41, 5.74) is 0.0907. The second kappa shape index (κ2) is 6.04. The van der Waals surface area contributed by atoms with E-state index >= 15 is 0 Å². The fourth-order valence-electron chi connectivity index (χ4n) is 1.77. The maximum atomic E-state index is 11.7. The molecule has 0 aliphatic carbocycles. The SMILES string of the molecule is COc1cc(NC(=O)OC(C)(C)C)ccc1C(C)(C)C#N. The van der Waals surface area contributed by atoms with Gasteiger partial charge in [0.15, 0.2) is 0 Å². The number of carbonyl (C=O) groups excluding carboxylic acids is 1. The molecule has 1 aromatic carbocycles. The molecular formula is C16H22N2O3. The summed E-state index contributed by atoms with van der Waals surface area (Å²) < 4.78 is 10.5. The van der Waals surface area contributed by atoms with Crippen molar-refractivity contribution in [2.45, 2.75) is 45.6 Å². The van der Waals surface area contributed by atoms with E-state index in [4.69, 9.17) is 9.47 Å². The minimum absolute atomic E-state index is 0.531. The van der Waals surface area contributed by atoms with Gasteiger partial charge < -0.3 is 9.47 Å². The molecule has 0 aliphatic heterocycles. The second-order valence-electron chi connectivity index (χ2n) is 6.28. The van der Waals surface area contributed by atoms with Crippen LogP contribution in [-0.4, -0.2) is 18.8 Å². The average molecular weight is 290 g/mol. The van der Waals surface area contributed by atoms with Gasteiger partial charge in [-0.25, -0.2) is 4.79 Å². The highest BCUT2D eigenvalue weighted by Gasteiger charge is 2.24. The molecule has 1 amide bonds. The zero-order valence-corrected chi connectivity index (χ0v) is 13.4. The normalized spacial score (nSPS) is 11.5. The molecule has 0 unspecified atom stereocenters. The van der Waals surface area contributed by atoms with E-state index < -0.39 is 17.1 Å². The van der Waals surface area contributed by atoms with Crippen molar-refractivity contribution < 1.29 is 14.3 Å². The fraction of sp³-hybridized carbons (Fsp3) is 0.500. The second-order valence-corrected chi connectivity index (χ2v) is 6.28. The van der Waals surface area contributed by atoms with Crippen LogP contribution < -0.4 is 10.1 Å². The van der Waals surface area contributed by atoms with Crippen LogP contribution in [0.15, 0.2) is 18.2 Å². The number of anilines is 1. The Labute approximate surface area is 125 Å². The molecule has 5 nitrogen and oxygen atoms in total. The number of benzene rings is 1. The molecular weight excluding hydrogens is 268 g/mol. The summed E-state index contributed by atoms with van der Waals surface area (Å²) in [5, 5.41) is 11.9. The lowest BCUT2D eigenvalue weighted by molar-refractivity contribution is 0.0636. The summed E-state index contributed by atoms with van der Waals surface area (Å²) in [7, 11) is 1.53. The monoisotopic (exact) mass is 290 g/mol. The Morgan fingerprint density at radius 1 is 1.24 bits per heavy atom. The molecule has 0 heterocycles. The van der Waals surface area contributed by atoms with Gasteiger partial charge in [-0.05, 0) is 40.7 Å². The molecule has 0 radical (unpaired) electrons. The summed E-state index contributed by atoms with van der Waals surface area (Å²) in [6.45, 7) is 9.01. The minimum Gasteiger partial charge on any atom is -0.496 e. The Morgan fingerprint density at radius 2 is 1.86 bits per heavy atom. The number of amides is 1. The van der Waals surface area contributed by atoms with E-state index in [0.717, 1.165) is 5.56 Å². The highest BCUT2D eigenvalue weighted by Crippen LogP contribution is 2.33. The molecule has 0 saturated heterocycles. The quantitative estimate of drug-likeness (QED) is 0.918. The zero-order valence-electron chi connectivity index (χ0n) is 13.4. The van der Waals surface area contributed by atoms with Gasteiger partial charge in [0, 0.05) is 17.3 Å². The number of methoxy groups -OCH3 is 1. The van der Waals surface area contributed by atoms with E-state index in [1.54, 1.807) is 39.0 Å². The van der Waals surface area contributed by atoms with Crippen LogP contribution in [0.2, 0.25) is 0 Å². The molecule has 1 aromatic rings. The molecule has 0 atom stereocenters. The smallest absolute Gasteiger partial charge is 0.412 e. The van der Waals surface area contributed by atoms with Crippen LogP contribution >= 0.6 is 0 Å². The number of rotatable bonds is 3. The van der Waals surface area contributed by atoms with E-state index in [2.05, 4.69) is 11.4 Å². The first-order valence-electron chi connectivity index (χ1n) is 6.69. The first-order valence-corrected chi connectivity index (χ1v) is 6.69. The molecule has 0 bridgehead atoms. The third-order valence-corrected chi connectivity index (χ3v) is 2.80. The topological polar surface area (TPSA) is 71.3 Å². The van der Waals surface area contributed by atoms with E-state index in [-0.39, 0.29) is 0 Å². The van der Waals surface area contributed by atoms with Crippen LogP contribution in [0.5, 0.6) is 5.75 Å². The molecule has 0 saturated carbocycles. The number of carbonyl (C=O) groups is 1. The van der Waals surface area contributed by atoms with Crippen molar-refractivity contribution in [3.05, 3.63) is 23.8 Å². The van der Waals surface area contributed by atoms with Gasteiger partial charge in [0.2, 0.25) is 0 Å². The Morgan fingerprint density at radius 3 is 2.33 bits per heavy atom. The van der Waals surface area contributed by atoms with Crippen LogP contribution in [-0.2, 0) is 10.2 Å². The number of hydrogen-bond acceptors (Lipinski definition) is 4. The maximum absolute atomic E-state index is 11.7. The molecule has 1 N–H and O–H groups in total.